The van der Waals surface area contributed by atoms with Crippen LogP contribution in [0.25, 0.3) is 0 Å². The molecule has 0 aliphatic heterocycles. The Morgan fingerprint density at radius 1 is 1.62 bits per heavy atom. The Hall–Kier alpha value is -1.25. The monoisotopic (exact) mass is 180 g/mol. The van der Waals surface area contributed by atoms with Crippen LogP contribution in [0.3, 0.4) is 0 Å². The molecule has 2 N–H and O–H groups in total. The maximum Gasteiger partial charge on any atom is 0.253 e. The third-order valence-electron chi connectivity index (χ3n) is 2.20. The summed E-state index contributed by atoms with van der Waals surface area (Å²) in [5.74, 6) is -0.0203. The van der Waals surface area contributed by atoms with Gasteiger partial charge in [0.05, 0.1) is 5.56 Å². The number of aromatic amines is 1. The Bertz CT molecular complexity index is 275. The molecule has 0 bridgehead atoms. The Morgan fingerprint density at radius 3 is 2.77 bits per heavy atom. The van der Waals surface area contributed by atoms with Crippen molar-refractivity contribution in [3.63, 3.8) is 0 Å². The van der Waals surface area contributed by atoms with E-state index in [0.717, 1.165) is 6.42 Å². The van der Waals surface area contributed by atoms with E-state index in [1.165, 1.54) is 0 Å². The van der Waals surface area contributed by atoms with Crippen LogP contribution in [-0.4, -0.2) is 16.4 Å². The second kappa shape index (κ2) is 3.64. The molecule has 1 aromatic heterocycles. The number of hydrogen-bond acceptors (Lipinski definition) is 1. The largest absolute Gasteiger partial charge is 0.367 e. The SMILES string of the molecule is CCC(C)(C)NC(=O)c1cc[nH]c1. The summed E-state index contributed by atoms with van der Waals surface area (Å²) >= 11 is 0. The van der Waals surface area contributed by atoms with Crippen molar-refractivity contribution in [3.8, 4) is 0 Å². The van der Waals surface area contributed by atoms with E-state index in [4.69, 9.17) is 0 Å². The van der Waals surface area contributed by atoms with Crippen molar-refractivity contribution in [2.75, 3.05) is 0 Å². The molecule has 0 aliphatic carbocycles. The number of rotatable bonds is 3. The van der Waals surface area contributed by atoms with Gasteiger partial charge in [-0.25, -0.2) is 0 Å². The van der Waals surface area contributed by atoms with Gasteiger partial charge in [0.25, 0.3) is 5.91 Å². The van der Waals surface area contributed by atoms with Gasteiger partial charge in [0.2, 0.25) is 0 Å². The second-order valence-electron chi connectivity index (χ2n) is 3.79. The molecule has 1 aromatic rings. The fourth-order valence-corrected chi connectivity index (χ4v) is 0.933. The quantitative estimate of drug-likeness (QED) is 0.733. The molecule has 0 radical (unpaired) electrons. The van der Waals surface area contributed by atoms with Crippen molar-refractivity contribution >= 4 is 5.91 Å². The molecule has 3 heteroatoms. The van der Waals surface area contributed by atoms with Crippen LogP contribution < -0.4 is 5.32 Å². The summed E-state index contributed by atoms with van der Waals surface area (Å²) in [4.78, 5) is 14.4. The Labute approximate surface area is 78.5 Å². The fourth-order valence-electron chi connectivity index (χ4n) is 0.933. The van der Waals surface area contributed by atoms with Crippen LogP contribution in [0.5, 0.6) is 0 Å². The zero-order chi connectivity index (χ0) is 9.90. The first kappa shape index (κ1) is 9.84. The molecule has 72 valence electrons. The van der Waals surface area contributed by atoms with E-state index in [1.807, 2.05) is 13.8 Å². The Morgan fingerprint density at radius 2 is 2.31 bits per heavy atom. The molecule has 0 aromatic carbocycles. The zero-order valence-corrected chi connectivity index (χ0v) is 8.35. The summed E-state index contributed by atoms with van der Waals surface area (Å²) in [5, 5.41) is 2.95. The average molecular weight is 180 g/mol. The molecule has 0 saturated carbocycles. The fraction of sp³-hybridized carbons (Fsp3) is 0.500. The first-order chi connectivity index (χ1) is 6.05. The first-order valence-electron chi connectivity index (χ1n) is 4.50. The number of hydrogen-bond donors (Lipinski definition) is 2. The first-order valence-corrected chi connectivity index (χ1v) is 4.50. The van der Waals surface area contributed by atoms with E-state index in [-0.39, 0.29) is 11.4 Å². The maximum absolute atomic E-state index is 11.5. The lowest BCUT2D eigenvalue weighted by molar-refractivity contribution is 0.0911. The minimum atomic E-state index is -0.131. The molecule has 0 fully saturated rings. The van der Waals surface area contributed by atoms with Crippen LogP contribution in [0.2, 0.25) is 0 Å². The topological polar surface area (TPSA) is 44.9 Å². The van der Waals surface area contributed by atoms with Gasteiger partial charge in [-0.3, -0.25) is 4.79 Å². The lowest BCUT2D eigenvalue weighted by atomic mass is 10.0. The minimum absolute atomic E-state index is 0.0203. The minimum Gasteiger partial charge on any atom is -0.367 e. The molecular formula is C10H16N2O. The van der Waals surface area contributed by atoms with Crippen LogP contribution in [0, 0.1) is 0 Å². The van der Waals surface area contributed by atoms with E-state index in [0.29, 0.717) is 5.56 Å². The number of H-pyrrole nitrogens is 1. The van der Waals surface area contributed by atoms with E-state index < -0.39 is 0 Å². The van der Waals surface area contributed by atoms with Crippen LogP contribution in [0.4, 0.5) is 0 Å². The highest BCUT2D eigenvalue weighted by molar-refractivity contribution is 5.94. The highest BCUT2D eigenvalue weighted by Crippen LogP contribution is 2.08. The maximum atomic E-state index is 11.5. The van der Waals surface area contributed by atoms with Crippen LogP contribution in [0.15, 0.2) is 18.5 Å². The van der Waals surface area contributed by atoms with Gasteiger partial charge in [0.1, 0.15) is 0 Å². The molecule has 0 aliphatic rings. The van der Waals surface area contributed by atoms with Crippen LogP contribution in [0.1, 0.15) is 37.6 Å². The Balaban J connectivity index is 2.61. The van der Waals surface area contributed by atoms with Gasteiger partial charge < -0.3 is 10.3 Å². The summed E-state index contributed by atoms with van der Waals surface area (Å²) in [6.45, 7) is 6.08. The summed E-state index contributed by atoms with van der Waals surface area (Å²) in [6, 6.07) is 1.76. The molecule has 1 heterocycles. The number of amides is 1. The smallest absolute Gasteiger partial charge is 0.253 e. The molecule has 1 amide bonds. The van der Waals surface area contributed by atoms with Crippen molar-refractivity contribution in [1.82, 2.24) is 10.3 Å². The molecule has 1 rings (SSSR count). The second-order valence-corrected chi connectivity index (χ2v) is 3.79. The third-order valence-corrected chi connectivity index (χ3v) is 2.20. The van der Waals surface area contributed by atoms with Crippen molar-refractivity contribution in [2.45, 2.75) is 32.7 Å². The van der Waals surface area contributed by atoms with E-state index in [9.17, 15) is 4.79 Å². The van der Waals surface area contributed by atoms with Gasteiger partial charge >= 0.3 is 0 Å². The predicted octanol–water partition coefficient (Wildman–Crippen LogP) is 1.93. The van der Waals surface area contributed by atoms with Gasteiger partial charge in [-0.15, -0.1) is 0 Å². The lowest BCUT2D eigenvalue weighted by Gasteiger charge is -2.24. The van der Waals surface area contributed by atoms with Crippen LogP contribution in [-0.2, 0) is 0 Å². The lowest BCUT2D eigenvalue weighted by Crippen LogP contribution is -2.42. The molecule has 0 unspecified atom stereocenters. The zero-order valence-electron chi connectivity index (χ0n) is 8.35. The highest BCUT2D eigenvalue weighted by Gasteiger charge is 2.18. The van der Waals surface area contributed by atoms with Gasteiger partial charge in [-0.2, -0.15) is 0 Å². The van der Waals surface area contributed by atoms with Gasteiger partial charge in [-0.05, 0) is 26.3 Å². The Kier molecular flexibility index (Phi) is 2.76. The highest BCUT2D eigenvalue weighted by atomic mass is 16.1. The summed E-state index contributed by atoms with van der Waals surface area (Å²) in [6.07, 6.45) is 4.36. The van der Waals surface area contributed by atoms with Gasteiger partial charge in [0, 0.05) is 17.9 Å². The van der Waals surface area contributed by atoms with Crippen molar-refractivity contribution in [1.29, 1.82) is 0 Å². The van der Waals surface area contributed by atoms with Crippen molar-refractivity contribution < 1.29 is 4.79 Å². The molecular weight excluding hydrogens is 164 g/mol. The van der Waals surface area contributed by atoms with Gasteiger partial charge in [-0.1, -0.05) is 6.92 Å². The van der Waals surface area contributed by atoms with E-state index >= 15 is 0 Å². The average Bonchev–Trinajstić information content (AvgIpc) is 2.55. The van der Waals surface area contributed by atoms with Crippen molar-refractivity contribution in [3.05, 3.63) is 24.0 Å². The number of aromatic nitrogens is 1. The molecule has 0 atom stereocenters. The summed E-state index contributed by atoms with van der Waals surface area (Å²) < 4.78 is 0. The number of nitrogens with one attached hydrogen (secondary N) is 2. The van der Waals surface area contributed by atoms with Crippen LogP contribution >= 0.6 is 0 Å². The third kappa shape index (κ3) is 2.61. The summed E-state index contributed by atoms with van der Waals surface area (Å²) in [7, 11) is 0. The molecule has 3 nitrogen and oxygen atoms in total. The molecule has 0 saturated heterocycles. The van der Waals surface area contributed by atoms with E-state index in [1.54, 1.807) is 18.5 Å². The standard InChI is InChI=1S/C10H16N2O/c1-4-10(2,3)12-9(13)8-5-6-11-7-8/h5-7,11H,4H2,1-3H3,(H,12,13). The number of carbonyl (C=O) groups excluding carboxylic acids is 1. The normalized spacial score (nSPS) is 11.3. The molecule has 0 spiro atoms. The predicted molar refractivity (Wildman–Crippen MR) is 52.6 cm³/mol. The number of carbonyl (C=O) groups is 1. The van der Waals surface area contributed by atoms with Crippen molar-refractivity contribution in [2.24, 2.45) is 0 Å². The molecule has 13 heavy (non-hydrogen) atoms. The van der Waals surface area contributed by atoms with Gasteiger partial charge in [0.15, 0.2) is 0 Å². The summed E-state index contributed by atoms with van der Waals surface area (Å²) in [5.41, 5.74) is 0.551. The van der Waals surface area contributed by atoms with E-state index in [2.05, 4.69) is 17.2 Å².